The van der Waals surface area contributed by atoms with Gasteiger partial charge in [0, 0.05) is 86.4 Å². The molecule has 0 radical (unpaired) electrons. The van der Waals surface area contributed by atoms with Crippen LogP contribution in [0.5, 0.6) is 0 Å². The highest BCUT2D eigenvalue weighted by atomic mass is 32.2. The van der Waals surface area contributed by atoms with Crippen molar-refractivity contribution in [2.24, 2.45) is 5.92 Å². The summed E-state index contributed by atoms with van der Waals surface area (Å²) < 4.78 is 15.1. The standard InChI is InChI=1S/C89H64N2O2S2/c1-54-15-13-21-71(64-31-41-69-50-66(49-64)70-17-7-11-25-85(70)94-69)88(54)90(67-37-27-58(28-38-67)62-34-44-83-76(51-62)73-18-5-9-23-81(73)92-83)79-42-32-60(47-56(79)3)61-33-43-80(57(4)48-61)91(68-39-29-59(30-40-68)63-35-45-84-77(52-63)74-19-6-10-24-82(74)93-84)89-55(2)16-14-22-72(89)65-36-46-87-78(53-65)75-20-8-12-26-86(75)95-87/h5-10,12-24,26-53,66H,11,25H2,1-4H3. The van der Waals surface area contributed by atoms with Gasteiger partial charge in [0.2, 0.25) is 0 Å². The first kappa shape index (κ1) is 56.8. The fourth-order valence-corrected chi connectivity index (χ4v) is 17.2. The lowest BCUT2D eigenvalue weighted by Gasteiger charge is -2.32. The quantitative estimate of drug-likeness (QED) is 0.129. The summed E-state index contributed by atoms with van der Waals surface area (Å²) in [6.07, 6.45) is 16.6. The number of furan rings is 2. The highest BCUT2D eigenvalue weighted by Gasteiger charge is 2.28. The van der Waals surface area contributed by atoms with Gasteiger partial charge in [-0.1, -0.05) is 188 Å². The van der Waals surface area contributed by atoms with Gasteiger partial charge in [-0.05, 0) is 227 Å². The summed E-state index contributed by atoms with van der Waals surface area (Å²) in [6, 6.07) is 91.5. The lowest BCUT2D eigenvalue weighted by molar-refractivity contribution is 0.668. The van der Waals surface area contributed by atoms with Gasteiger partial charge in [-0.3, -0.25) is 0 Å². The Bertz CT molecular complexity index is 5830. The molecule has 95 heavy (non-hydrogen) atoms. The van der Waals surface area contributed by atoms with Crippen molar-refractivity contribution in [2.75, 3.05) is 9.80 Å². The highest BCUT2D eigenvalue weighted by Crippen LogP contribution is 2.51. The Morgan fingerprint density at radius 1 is 0.368 bits per heavy atom. The van der Waals surface area contributed by atoms with Gasteiger partial charge in [-0.15, -0.1) is 11.3 Å². The predicted octanol–water partition coefficient (Wildman–Crippen LogP) is 26.5. The lowest BCUT2D eigenvalue weighted by Crippen LogP contribution is -2.15. The van der Waals surface area contributed by atoms with Crippen molar-refractivity contribution in [3.63, 3.8) is 0 Å². The van der Waals surface area contributed by atoms with Gasteiger partial charge in [0.1, 0.15) is 22.3 Å². The summed E-state index contributed by atoms with van der Waals surface area (Å²) in [4.78, 5) is 7.83. The molecule has 2 bridgehead atoms. The fourth-order valence-electron chi connectivity index (χ4n) is 15.0. The maximum atomic E-state index is 6.26. The summed E-state index contributed by atoms with van der Waals surface area (Å²) in [7, 11) is 0. The van der Waals surface area contributed by atoms with E-state index in [-0.39, 0.29) is 5.92 Å². The first-order chi connectivity index (χ1) is 46.7. The molecule has 4 nitrogen and oxygen atoms in total. The average Bonchev–Trinajstić information content (AvgIpc) is 1.64. The van der Waals surface area contributed by atoms with Crippen LogP contribution < -0.4 is 9.80 Å². The minimum atomic E-state index is 0.203. The van der Waals surface area contributed by atoms with E-state index < -0.39 is 0 Å². The fraction of sp³-hybridized carbons (Fsp3) is 0.0787. The number of benzene rings is 12. The van der Waals surface area contributed by atoms with Crippen molar-refractivity contribution in [2.45, 2.75) is 40.5 Å². The largest absolute Gasteiger partial charge is 0.456 e. The zero-order chi connectivity index (χ0) is 63.4. The maximum absolute atomic E-state index is 6.26. The number of nitrogens with zero attached hydrogens (tertiary/aromatic N) is 2. The number of anilines is 6. The molecule has 2 aliphatic carbocycles. The van der Waals surface area contributed by atoms with E-state index >= 15 is 0 Å². The van der Waals surface area contributed by atoms with Crippen LogP contribution in [0.4, 0.5) is 34.1 Å². The SMILES string of the molecule is Cc1cc(-c2ccc(N(c3ccc(-c4ccc5oc6ccccc6c5c4)cc3)c3c(C)cccc3-c3ccc4sc5ccccc5c4c3)c(C)c2)ccc1N(c1ccc(-c2ccc3oc4ccccc4c3c2)cc1)c1c(C)cccc1C1=CC2C=C(C=C1)SC1=C2C=CCC1. The van der Waals surface area contributed by atoms with Crippen LogP contribution in [0, 0.1) is 33.6 Å². The first-order valence-corrected chi connectivity index (χ1v) is 34.5. The summed E-state index contributed by atoms with van der Waals surface area (Å²) >= 11 is 3.80. The Balaban J connectivity index is 0.745. The van der Waals surface area contributed by atoms with Crippen molar-refractivity contribution in [1.82, 2.24) is 0 Å². The molecule has 0 N–H and O–H groups in total. The van der Waals surface area contributed by atoms with E-state index in [4.69, 9.17) is 8.83 Å². The molecule has 0 spiro atoms. The summed E-state index contributed by atoms with van der Waals surface area (Å²) in [5, 5.41) is 7.08. The van der Waals surface area contributed by atoms with Gasteiger partial charge in [0.05, 0.1) is 11.4 Å². The van der Waals surface area contributed by atoms with Gasteiger partial charge < -0.3 is 18.6 Å². The third kappa shape index (κ3) is 9.89. The van der Waals surface area contributed by atoms with Gasteiger partial charge >= 0.3 is 0 Å². The van der Waals surface area contributed by atoms with E-state index in [9.17, 15) is 0 Å². The van der Waals surface area contributed by atoms with Crippen LogP contribution in [0.25, 0.3) is 114 Å². The molecule has 15 aromatic rings. The molecule has 3 aromatic heterocycles. The topological polar surface area (TPSA) is 32.8 Å². The van der Waals surface area contributed by atoms with Gasteiger partial charge in [0.15, 0.2) is 0 Å². The van der Waals surface area contributed by atoms with Crippen molar-refractivity contribution in [3.8, 4) is 44.5 Å². The third-order valence-corrected chi connectivity index (χ3v) is 22.0. The summed E-state index contributed by atoms with van der Waals surface area (Å²) in [5.41, 5.74) is 28.2. The lowest BCUT2D eigenvalue weighted by atomic mass is 9.89. The number of allylic oxidation sites excluding steroid dienone is 9. The van der Waals surface area contributed by atoms with Crippen LogP contribution in [0.2, 0.25) is 0 Å². The first-order valence-electron chi connectivity index (χ1n) is 32.9. The number of aryl methyl sites for hydroxylation is 4. The molecule has 0 saturated heterocycles. The Hall–Kier alpha value is -10.9. The third-order valence-electron chi connectivity index (χ3n) is 19.7. The molecular weight excluding hydrogens is 1190 g/mol. The van der Waals surface area contributed by atoms with E-state index in [2.05, 4.69) is 298 Å². The number of hydrogen-bond acceptors (Lipinski definition) is 6. The molecule has 0 amide bonds. The second-order valence-corrected chi connectivity index (χ2v) is 27.9. The molecule has 18 rings (SSSR count). The molecule has 12 aromatic carbocycles. The van der Waals surface area contributed by atoms with Gasteiger partial charge in [-0.25, -0.2) is 0 Å². The molecule has 4 heterocycles. The molecule has 1 unspecified atom stereocenters. The number of thioether (sulfide) groups is 1. The number of rotatable bonds is 11. The van der Waals surface area contributed by atoms with E-state index in [0.29, 0.717) is 0 Å². The molecular formula is C89H64N2O2S2. The van der Waals surface area contributed by atoms with Crippen LogP contribution in [0.1, 0.15) is 40.7 Å². The van der Waals surface area contributed by atoms with Crippen LogP contribution in [0.3, 0.4) is 0 Å². The number of hydrogen-bond donors (Lipinski definition) is 0. The molecule has 454 valence electrons. The molecule has 1 atom stereocenters. The van der Waals surface area contributed by atoms with Crippen LogP contribution in [0.15, 0.2) is 309 Å². The summed E-state index contributed by atoms with van der Waals surface area (Å²) in [5.74, 6) is 0.203. The highest BCUT2D eigenvalue weighted by molar-refractivity contribution is 8.07. The number of fused-ring (bicyclic) bond motifs is 11. The van der Waals surface area contributed by atoms with E-state index in [1.54, 1.807) is 0 Å². The molecule has 3 aliphatic rings. The van der Waals surface area contributed by atoms with E-state index in [0.717, 1.165) is 119 Å². The minimum absolute atomic E-state index is 0.203. The van der Waals surface area contributed by atoms with Gasteiger partial charge in [0.25, 0.3) is 0 Å². The maximum Gasteiger partial charge on any atom is 0.135 e. The van der Waals surface area contributed by atoms with Crippen molar-refractivity contribution >= 4 is 127 Å². The Labute approximate surface area is 561 Å². The molecule has 0 saturated carbocycles. The smallest absolute Gasteiger partial charge is 0.135 e. The normalized spacial score (nSPS) is 14.5. The Morgan fingerprint density at radius 2 is 0.863 bits per heavy atom. The molecule has 1 aliphatic heterocycles. The zero-order valence-corrected chi connectivity index (χ0v) is 54.8. The second-order valence-electron chi connectivity index (χ2n) is 25.6. The van der Waals surface area contributed by atoms with E-state index in [1.165, 1.54) is 85.8 Å². The molecule has 6 heteroatoms. The molecule has 0 fully saturated rings. The van der Waals surface area contributed by atoms with Crippen molar-refractivity contribution < 1.29 is 8.83 Å². The minimum Gasteiger partial charge on any atom is -0.456 e. The Morgan fingerprint density at radius 3 is 1.47 bits per heavy atom. The van der Waals surface area contributed by atoms with Crippen LogP contribution >= 0.6 is 23.1 Å². The number of para-hydroxylation sites is 4. The Kier molecular flexibility index (Phi) is 13.8. The monoisotopic (exact) mass is 1260 g/mol. The average molecular weight is 1260 g/mol. The van der Waals surface area contributed by atoms with Crippen LogP contribution in [-0.4, -0.2) is 0 Å². The number of thiophene rings is 1. The predicted molar refractivity (Wildman–Crippen MR) is 406 cm³/mol. The van der Waals surface area contributed by atoms with Crippen LogP contribution in [-0.2, 0) is 0 Å². The summed E-state index contributed by atoms with van der Waals surface area (Å²) in [6.45, 7) is 9.07. The van der Waals surface area contributed by atoms with Gasteiger partial charge in [-0.2, -0.15) is 0 Å². The van der Waals surface area contributed by atoms with Crippen molar-refractivity contribution in [3.05, 3.63) is 328 Å². The van der Waals surface area contributed by atoms with Crippen molar-refractivity contribution in [1.29, 1.82) is 0 Å². The zero-order valence-electron chi connectivity index (χ0n) is 53.2. The van der Waals surface area contributed by atoms with E-state index in [1.807, 2.05) is 47.4 Å². The second kappa shape index (κ2) is 23.0.